The maximum atomic E-state index is 5.59. The third kappa shape index (κ3) is 4.30. The van der Waals surface area contributed by atoms with Crippen LogP contribution >= 0.6 is 23.4 Å². The Morgan fingerprint density at radius 2 is 1.58 bits per heavy atom. The van der Waals surface area contributed by atoms with Crippen LogP contribution in [-0.2, 0) is 0 Å². The third-order valence-electron chi connectivity index (χ3n) is 2.50. The van der Waals surface area contributed by atoms with E-state index in [4.69, 9.17) is 17.3 Å². The van der Waals surface area contributed by atoms with Gasteiger partial charge in [0, 0.05) is 9.79 Å². The predicted molar refractivity (Wildman–Crippen MR) is 83.7 cm³/mol. The number of hydrogen-bond acceptors (Lipinski definition) is 2. The number of benzene rings is 2. The molecule has 2 N–H and O–H groups in total. The molecule has 2 rings (SSSR count). The minimum absolute atomic E-state index is 0.250. The van der Waals surface area contributed by atoms with Crippen molar-refractivity contribution < 1.29 is 0 Å². The molecular weight excluding hydrogens is 276 g/mol. The molecular formula is C15H15ClN2S. The molecule has 98 valence electrons. The van der Waals surface area contributed by atoms with E-state index in [0.717, 1.165) is 5.69 Å². The van der Waals surface area contributed by atoms with Crippen LogP contribution in [-0.4, -0.2) is 11.7 Å². The van der Waals surface area contributed by atoms with Crippen molar-refractivity contribution >= 4 is 34.9 Å². The van der Waals surface area contributed by atoms with E-state index >= 15 is 0 Å². The number of nitrogens with two attached hydrogens (primary N) is 1. The van der Waals surface area contributed by atoms with E-state index in [-0.39, 0.29) is 5.88 Å². The van der Waals surface area contributed by atoms with Gasteiger partial charge in [-0.25, -0.2) is 4.99 Å². The summed E-state index contributed by atoms with van der Waals surface area (Å²) in [6.45, 7) is 2.09. The Morgan fingerprint density at radius 3 is 2.11 bits per heavy atom. The molecule has 19 heavy (non-hydrogen) atoms. The van der Waals surface area contributed by atoms with Crippen LogP contribution in [0.15, 0.2) is 63.3 Å². The highest BCUT2D eigenvalue weighted by molar-refractivity contribution is 7.99. The summed E-state index contributed by atoms with van der Waals surface area (Å²) in [4.78, 5) is 6.59. The maximum absolute atomic E-state index is 5.59. The van der Waals surface area contributed by atoms with Crippen LogP contribution < -0.4 is 5.73 Å². The Morgan fingerprint density at radius 1 is 1.05 bits per heavy atom. The molecule has 0 bridgehead atoms. The molecule has 2 nitrogen and oxygen atoms in total. The van der Waals surface area contributed by atoms with Gasteiger partial charge in [-0.05, 0) is 43.3 Å². The lowest BCUT2D eigenvalue weighted by Crippen LogP contribution is -2.12. The van der Waals surface area contributed by atoms with Gasteiger partial charge in [-0.3, -0.25) is 0 Å². The monoisotopic (exact) mass is 290 g/mol. The summed E-state index contributed by atoms with van der Waals surface area (Å²) in [7, 11) is 0. The first-order valence-corrected chi connectivity index (χ1v) is 7.26. The summed E-state index contributed by atoms with van der Waals surface area (Å²) in [5.41, 5.74) is 7.69. The lowest BCUT2D eigenvalue weighted by Gasteiger charge is -2.03. The molecule has 4 heteroatoms. The number of rotatable bonds is 4. The smallest absolute Gasteiger partial charge is 0.115 e. The maximum Gasteiger partial charge on any atom is 0.115 e. The Hall–Kier alpha value is -1.45. The molecule has 0 unspecified atom stereocenters. The van der Waals surface area contributed by atoms with Crippen molar-refractivity contribution in [3.63, 3.8) is 0 Å². The fraction of sp³-hybridized carbons (Fsp3) is 0.133. The Balaban J connectivity index is 2.08. The van der Waals surface area contributed by atoms with E-state index in [1.54, 1.807) is 11.8 Å². The summed E-state index contributed by atoms with van der Waals surface area (Å²) < 4.78 is 0. The normalized spacial score (nSPS) is 11.6. The zero-order valence-electron chi connectivity index (χ0n) is 10.6. The van der Waals surface area contributed by atoms with Gasteiger partial charge in [0.05, 0.1) is 11.6 Å². The second kappa shape index (κ2) is 6.64. The van der Waals surface area contributed by atoms with Crippen molar-refractivity contribution in [1.82, 2.24) is 0 Å². The molecule has 0 saturated carbocycles. The molecule has 2 aromatic rings. The van der Waals surface area contributed by atoms with Crippen molar-refractivity contribution in [3.8, 4) is 0 Å². The quantitative estimate of drug-likeness (QED) is 0.516. The van der Waals surface area contributed by atoms with Gasteiger partial charge in [0.25, 0.3) is 0 Å². The van der Waals surface area contributed by atoms with Gasteiger partial charge < -0.3 is 5.73 Å². The molecule has 0 aromatic heterocycles. The Bertz CT molecular complexity index is 562. The van der Waals surface area contributed by atoms with Crippen molar-refractivity contribution in [2.24, 2.45) is 10.7 Å². The van der Waals surface area contributed by atoms with Crippen molar-refractivity contribution in [1.29, 1.82) is 0 Å². The number of nitrogens with zero attached hydrogens (tertiary/aromatic N) is 1. The summed E-state index contributed by atoms with van der Waals surface area (Å²) >= 11 is 7.32. The highest BCUT2D eigenvalue weighted by atomic mass is 35.5. The van der Waals surface area contributed by atoms with Crippen LogP contribution in [0, 0.1) is 6.92 Å². The number of aryl methyl sites for hydroxylation is 1. The Labute approximate surface area is 122 Å². The molecule has 0 atom stereocenters. The van der Waals surface area contributed by atoms with Crippen LogP contribution in [0.2, 0.25) is 0 Å². The summed E-state index contributed by atoms with van der Waals surface area (Å²) in [5.74, 6) is 0.681. The molecule has 0 fully saturated rings. The van der Waals surface area contributed by atoms with Crippen LogP contribution in [0.3, 0.4) is 0 Å². The lowest BCUT2D eigenvalue weighted by molar-refractivity contribution is 1.35. The van der Waals surface area contributed by atoms with Gasteiger partial charge in [0.15, 0.2) is 0 Å². The standard InChI is InChI=1S/C15H15ClN2S/c1-11-2-6-13(7-3-11)19-14-8-4-12(5-9-14)18-15(17)10-16/h2-9H,10H2,1H3,(H2,17,18). The first kappa shape index (κ1) is 14.0. The minimum atomic E-state index is 0.250. The topological polar surface area (TPSA) is 38.4 Å². The SMILES string of the molecule is Cc1ccc(Sc2ccc(N=C(N)CCl)cc2)cc1. The van der Waals surface area contributed by atoms with Crippen molar-refractivity contribution in [2.75, 3.05) is 5.88 Å². The first-order valence-electron chi connectivity index (χ1n) is 5.91. The zero-order chi connectivity index (χ0) is 13.7. The fourth-order valence-corrected chi connectivity index (χ4v) is 2.40. The van der Waals surface area contributed by atoms with E-state index in [1.165, 1.54) is 15.4 Å². The van der Waals surface area contributed by atoms with Crippen LogP contribution in [0.1, 0.15) is 5.56 Å². The predicted octanol–water partition coefficient (Wildman–Crippen LogP) is 4.37. The van der Waals surface area contributed by atoms with E-state index in [1.807, 2.05) is 24.3 Å². The highest BCUT2D eigenvalue weighted by Crippen LogP contribution is 2.29. The van der Waals surface area contributed by atoms with E-state index in [2.05, 4.69) is 36.2 Å². The molecule has 0 heterocycles. The molecule has 0 aliphatic heterocycles. The first-order chi connectivity index (χ1) is 9.17. The van der Waals surface area contributed by atoms with Gasteiger partial charge in [0.1, 0.15) is 5.84 Å². The number of aliphatic imine (C=N–C) groups is 1. The van der Waals surface area contributed by atoms with Gasteiger partial charge >= 0.3 is 0 Å². The Kier molecular flexibility index (Phi) is 4.88. The summed E-state index contributed by atoms with van der Waals surface area (Å²) in [6.07, 6.45) is 0. The van der Waals surface area contributed by atoms with Gasteiger partial charge in [-0.1, -0.05) is 29.5 Å². The fourth-order valence-electron chi connectivity index (χ4n) is 1.53. The van der Waals surface area contributed by atoms with E-state index in [9.17, 15) is 0 Å². The second-order valence-corrected chi connectivity index (χ2v) is 5.56. The average molecular weight is 291 g/mol. The number of alkyl halides is 1. The summed E-state index contributed by atoms with van der Waals surface area (Å²) in [6, 6.07) is 16.4. The molecule has 0 aliphatic carbocycles. The molecule has 0 aliphatic rings. The highest BCUT2D eigenvalue weighted by Gasteiger charge is 1.98. The second-order valence-electron chi connectivity index (χ2n) is 4.15. The van der Waals surface area contributed by atoms with Crippen LogP contribution in [0.5, 0.6) is 0 Å². The summed E-state index contributed by atoms with van der Waals surface area (Å²) in [5, 5.41) is 0. The molecule has 0 spiro atoms. The molecule has 0 amide bonds. The van der Waals surface area contributed by atoms with Crippen LogP contribution in [0.4, 0.5) is 5.69 Å². The van der Waals surface area contributed by atoms with Crippen LogP contribution in [0.25, 0.3) is 0 Å². The zero-order valence-corrected chi connectivity index (χ0v) is 12.2. The number of halogens is 1. The lowest BCUT2D eigenvalue weighted by atomic mass is 10.2. The van der Waals surface area contributed by atoms with Crippen molar-refractivity contribution in [2.45, 2.75) is 16.7 Å². The molecule has 0 radical (unpaired) electrons. The van der Waals surface area contributed by atoms with E-state index in [0.29, 0.717) is 5.84 Å². The minimum Gasteiger partial charge on any atom is -0.386 e. The number of hydrogen-bond donors (Lipinski definition) is 1. The van der Waals surface area contributed by atoms with E-state index < -0.39 is 0 Å². The molecule has 0 saturated heterocycles. The number of amidine groups is 1. The largest absolute Gasteiger partial charge is 0.386 e. The molecule has 2 aromatic carbocycles. The van der Waals surface area contributed by atoms with Gasteiger partial charge in [-0.15, -0.1) is 11.6 Å². The third-order valence-corrected chi connectivity index (χ3v) is 3.79. The van der Waals surface area contributed by atoms with Gasteiger partial charge in [-0.2, -0.15) is 0 Å². The van der Waals surface area contributed by atoms with Crippen molar-refractivity contribution in [3.05, 3.63) is 54.1 Å². The average Bonchev–Trinajstić information content (AvgIpc) is 2.43. The van der Waals surface area contributed by atoms with Gasteiger partial charge in [0.2, 0.25) is 0 Å².